The third-order valence-electron chi connectivity index (χ3n) is 3.65. The summed E-state index contributed by atoms with van der Waals surface area (Å²) in [6, 6.07) is 15.9. The van der Waals surface area contributed by atoms with Crippen LogP contribution in [0.3, 0.4) is 0 Å². The molecular weight excluding hydrogens is 288 g/mol. The first-order valence-corrected chi connectivity index (χ1v) is 7.83. The zero-order chi connectivity index (χ0) is 16.7. The van der Waals surface area contributed by atoms with Gasteiger partial charge in [0.05, 0.1) is 0 Å². The normalized spacial score (nSPS) is 10.2. The van der Waals surface area contributed by atoms with Gasteiger partial charge in [-0.05, 0) is 35.7 Å². The molecule has 0 bridgehead atoms. The quantitative estimate of drug-likeness (QED) is 0.854. The van der Waals surface area contributed by atoms with E-state index in [1.807, 2.05) is 67.5 Å². The Morgan fingerprint density at radius 3 is 2.43 bits per heavy atom. The second kappa shape index (κ2) is 8.22. The monoisotopic (exact) mass is 312 g/mol. The van der Waals surface area contributed by atoms with E-state index in [0.29, 0.717) is 6.54 Å². The van der Waals surface area contributed by atoms with Crippen LogP contribution < -0.4 is 15.0 Å². The first kappa shape index (κ1) is 16.9. The lowest BCUT2D eigenvalue weighted by atomic mass is 10.1. The summed E-state index contributed by atoms with van der Waals surface area (Å²) in [6.45, 7) is 2.61. The second-order valence-electron chi connectivity index (χ2n) is 5.59. The molecule has 0 aliphatic heterocycles. The number of hydrogen-bond donors (Lipinski definition) is 1. The molecule has 0 saturated carbocycles. The molecule has 122 valence electrons. The van der Waals surface area contributed by atoms with Gasteiger partial charge in [0.25, 0.3) is 5.91 Å². The first-order chi connectivity index (χ1) is 11.1. The zero-order valence-corrected chi connectivity index (χ0v) is 14.0. The van der Waals surface area contributed by atoms with Crippen molar-refractivity contribution in [3.05, 3.63) is 59.7 Å². The second-order valence-corrected chi connectivity index (χ2v) is 5.59. The third kappa shape index (κ3) is 5.02. The maximum Gasteiger partial charge on any atom is 0.258 e. The van der Waals surface area contributed by atoms with Gasteiger partial charge in [-0.2, -0.15) is 0 Å². The molecule has 0 unspecified atom stereocenters. The van der Waals surface area contributed by atoms with Gasteiger partial charge in [0, 0.05) is 26.3 Å². The van der Waals surface area contributed by atoms with Crippen molar-refractivity contribution >= 4 is 11.6 Å². The van der Waals surface area contributed by atoms with Gasteiger partial charge >= 0.3 is 0 Å². The summed E-state index contributed by atoms with van der Waals surface area (Å²) in [7, 11) is 4.00. The Hall–Kier alpha value is -2.49. The molecule has 0 heterocycles. The summed E-state index contributed by atoms with van der Waals surface area (Å²) < 4.78 is 5.61. The van der Waals surface area contributed by atoms with Gasteiger partial charge in [-0.3, -0.25) is 4.79 Å². The molecule has 2 aromatic rings. The highest BCUT2D eigenvalue weighted by molar-refractivity contribution is 5.77. The molecule has 1 amide bonds. The minimum Gasteiger partial charge on any atom is -0.483 e. The summed E-state index contributed by atoms with van der Waals surface area (Å²) in [5.41, 5.74) is 3.32. The number of para-hydroxylation sites is 1. The summed E-state index contributed by atoms with van der Waals surface area (Å²) in [4.78, 5) is 14.0. The van der Waals surface area contributed by atoms with Crippen LogP contribution in [0.15, 0.2) is 48.5 Å². The molecule has 0 radical (unpaired) electrons. The molecule has 4 heteroatoms. The number of anilines is 1. The van der Waals surface area contributed by atoms with Gasteiger partial charge in [-0.1, -0.05) is 37.3 Å². The summed E-state index contributed by atoms with van der Waals surface area (Å²) in [6.07, 6.45) is 0.885. The maximum atomic E-state index is 11.9. The fraction of sp³-hybridized carbons (Fsp3) is 0.316. The van der Waals surface area contributed by atoms with Gasteiger partial charge in [0.2, 0.25) is 0 Å². The van der Waals surface area contributed by atoms with Gasteiger partial charge in [-0.25, -0.2) is 0 Å². The molecule has 0 aromatic heterocycles. The molecule has 0 aliphatic carbocycles. The van der Waals surface area contributed by atoms with Crippen LogP contribution >= 0.6 is 0 Å². The van der Waals surface area contributed by atoms with Crippen molar-refractivity contribution in [3.8, 4) is 5.75 Å². The molecule has 2 aromatic carbocycles. The van der Waals surface area contributed by atoms with E-state index in [-0.39, 0.29) is 12.5 Å². The van der Waals surface area contributed by atoms with Crippen molar-refractivity contribution in [2.45, 2.75) is 19.9 Å². The Labute approximate surface area is 138 Å². The standard InChI is InChI=1S/C19H24N2O2/c1-4-16-7-5-6-8-18(16)23-14-19(22)20-13-15-9-11-17(12-10-15)21(2)3/h5-12H,4,13-14H2,1-3H3,(H,20,22). The Morgan fingerprint density at radius 2 is 1.78 bits per heavy atom. The van der Waals surface area contributed by atoms with Crippen molar-refractivity contribution in [2.75, 3.05) is 25.6 Å². The third-order valence-corrected chi connectivity index (χ3v) is 3.65. The van der Waals surface area contributed by atoms with E-state index in [1.54, 1.807) is 0 Å². The van der Waals surface area contributed by atoms with Gasteiger partial charge < -0.3 is 15.0 Å². The van der Waals surface area contributed by atoms with Crippen LogP contribution in [0.5, 0.6) is 5.75 Å². The largest absolute Gasteiger partial charge is 0.483 e. The van der Waals surface area contributed by atoms with E-state index in [9.17, 15) is 4.79 Å². The van der Waals surface area contributed by atoms with Crippen molar-refractivity contribution in [1.29, 1.82) is 0 Å². The average molecular weight is 312 g/mol. The average Bonchev–Trinajstić information content (AvgIpc) is 2.58. The van der Waals surface area contributed by atoms with E-state index in [4.69, 9.17) is 4.74 Å². The fourth-order valence-electron chi connectivity index (χ4n) is 2.24. The van der Waals surface area contributed by atoms with Crippen LogP contribution in [-0.2, 0) is 17.8 Å². The number of ether oxygens (including phenoxy) is 1. The highest BCUT2D eigenvalue weighted by Crippen LogP contribution is 2.18. The van der Waals surface area contributed by atoms with Crippen LogP contribution in [0.2, 0.25) is 0 Å². The fourth-order valence-corrected chi connectivity index (χ4v) is 2.24. The van der Waals surface area contributed by atoms with Gasteiger partial charge in [-0.15, -0.1) is 0 Å². The van der Waals surface area contributed by atoms with E-state index in [1.165, 1.54) is 0 Å². The SMILES string of the molecule is CCc1ccccc1OCC(=O)NCc1ccc(N(C)C)cc1. The summed E-state index contributed by atoms with van der Waals surface area (Å²) in [5.74, 6) is 0.660. The zero-order valence-electron chi connectivity index (χ0n) is 14.0. The van der Waals surface area contributed by atoms with Crippen LogP contribution in [0.25, 0.3) is 0 Å². The Kier molecular flexibility index (Phi) is 6.03. The van der Waals surface area contributed by atoms with Crippen molar-refractivity contribution in [1.82, 2.24) is 5.32 Å². The molecule has 4 nitrogen and oxygen atoms in total. The Balaban J connectivity index is 1.81. The predicted octanol–water partition coefficient (Wildman–Crippen LogP) is 3.01. The number of aryl methyl sites for hydroxylation is 1. The number of benzene rings is 2. The van der Waals surface area contributed by atoms with Crippen LogP contribution in [-0.4, -0.2) is 26.6 Å². The minimum absolute atomic E-state index is 0.0345. The summed E-state index contributed by atoms with van der Waals surface area (Å²) >= 11 is 0. The first-order valence-electron chi connectivity index (χ1n) is 7.83. The minimum atomic E-state index is -0.118. The molecule has 0 atom stereocenters. The lowest BCUT2D eigenvalue weighted by Crippen LogP contribution is -2.28. The lowest BCUT2D eigenvalue weighted by Gasteiger charge is -2.13. The number of carbonyl (C=O) groups is 1. The molecular formula is C19H24N2O2. The number of nitrogens with zero attached hydrogens (tertiary/aromatic N) is 1. The van der Waals surface area contributed by atoms with E-state index >= 15 is 0 Å². The van der Waals surface area contributed by atoms with E-state index in [0.717, 1.165) is 29.0 Å². The molecule has 2 rings (SSSR count). The lowest BCUT2D eigenvalue weighted by molar-refractivity contribution is -0.123. The molecule has 0 saturated heterocycles. The van der Waals surface area contributed by atoms with Crippen LogP contribution in [0, 0.1) is 0 Å². The number of nitrogens with one attached hydrogen (secondary N) is 1. The highest BCUT2D eigenvalue weighted by atomic mass is 16.5. The molecule has 23 heavy (non-hydrogen) atoms. The topological polar surface area (TPSA) is 41.6 Å². The van der Waals surface area contributed by atoms with Crippen molar-refractivity contribution < 1.29 is 9.53 Å². The van der Waals surface area contributed by atoms with Crippen molar-refractivity contribution in [2.24, 2.45) is 0 Å². The predicted molar refractivity (Wildman–Crippen MR) is 93.9 cm³/mol. The van der Waals surface area contributed by atoms with Crippen molar-refractivity contribution in [3.63, 3.8) is 0 Å². The smallest absolute Gasteiger partial charge is 0.258 e. The van der Waals surface area contributed by atoms with Crippen LogP contribution in [0.4, 0.5) is 5.69 Å². The maximum absolute atomic E-state index is 11.9. The molecule has 0 spiro atoms. The van der Waals surface area contributed by atoms with E-state index < -0.39 is 0 Å². The van der Waals surface area contributed by atoms with Crippen LogP contribution in [0.1, 0.15) is 18.1 Å². The summed E-state index contributed by atoms with van der Waals surface area (Å²) in [5, 5.41) is 2.88. The highest BCUT2D eigenvalue weighted by Gasteiger charge is 2.05. The number of rotatable bonds is 7. The Bertz CT molecular complexity index is 636. The van der Waals surface area contributed by atoms with Gasteiger partial charge in [0.15, 0.2) is 6.61 Å². The molecule has 0 fully saturated rings. The molecule has 0 aliphatic rings. The Morgan fingerprint density at radius 1 is 1.09 bits per heavy atom. The molecule has 1 N–H and O–H groups in total. The number of hydrogen-bond acceptors (Lipinski definition) is 3. The number of amides is 1. The van der Waals surface area contributed by atoms with Gasteiger partial charge in [0.1, 0.15) is 5.75 Å². The number of carbonyl (C=O) groups excluding carboxylic acids is 1. The van der Waals surface area contributed by atoms with E-state index in [2.05, 4.69) is 12.2 Å².